The van der Waals surface area contributed by atoms with Crippen LogP contribution in [0.3, 0.4) is 0 Å². The Balaban J connectivity index is 2.91. The zero-order chi connectivity index (χ0) is 14.4. The van der Waals surface area contributed by atoms with Crippen LogP contribution in [0.2, 0.25) is 0 Å². The molecule has 0 saturated carbocycles. The minimum absolute atomic E-state index is 0.456. The predicted octanol–water partition coefficient (Wildman–Crippen LogP) is 1.92. The summed E-state index contributed by atoms with van der Waals surface area (Å²) >= 11 is 0. The van der Waals surface area contributed by atoms with E-state index in [1.54, 1.807) is 0 Å². The highest BCUT2D eigenvalue weighted by Crippen LogP contribution is 2.19. The molecule has 4 nitrogen and oxygen atoms in total. The van der Waals surface area contributed by atoms with Crippen LogP contribution in [0.25, 0.3) is 0 Å². The lowest BCUT2D eigenvalue weighted by atomic mass is 10.1. The van der Waals surface area contributed by atoms with Crippen molar-refractivity contribution in [2.75, 3.05) is 46.2 Å². The van der Waals surface area contributed by atoms with E-state index in [0.717, 1.165) is 25.5 Å². The van der Waals surface area contributed by atoms with Gasteiger partial charge < -0.3 is 15.1 Å². The third-order valence-electron chi connectivity index (χ3n) is 3.14. The van der Waals surface area contributed by atoms with Crippen molar-refractivity contribution in [3.8, 4) is 0 Å². The lowest BCUT2D eigenvalue weighted by molar-refractivity contribution is 0.416. The fourth-order valence-electron chi connectivity index (χ4n) is 1.86. The topological polar surface area (TPSA) is 31.4 Å². The molecule has 0 amide bonds. The molecule has 19 heavy (non-hydrogen) atoms. The highest BCUT2D eigenvalue weighted by atomic mass is 15.2. The molecule has 108 valence electrons. The van der Waals surface area contributed by atoms with Gasteiger partial charge in [0.25, 0.3) is 0 Å². The van der Waals surface area contributed by atoms with Crippen molar-refractivity contribution in [2.24, 2.45) is 0 Å². The molecule has 0 spiro atoms. The molecule has 0 radical (unpaired) electrons. The summed E-state index contributed by atoms with van der Waals surface area (Å²) in [5.74, 6) is 1.52. The molecule has 1 aromatic rings. The Kier molecular flexibility index (Phi) is 6.25. The Hall–Kier alpha value is -1.13. The van der Waals surface area contributed by atoms with Crippen LogP contribution >= 0.6 is 0 Å². The molecule has 1 rings (SSSR count). The van der Waals surface area contributed by atoms with Gasteiger partial charge in [-0.3, -0.25) is 0 Å². The van der Waals surface area contributed by atoms with Gasteiger partial charge in [0, 0.05) is 32.4 Å². The number of pyridine rings is 1. The summed E-state index contributed by atoms with van der Waals surface area (Å²) in [4.78, 5) is 9.19. The van der Waals surface area contributed by atoms with Gasteiger partial charge in [-0.2, -0.15) is 0 Å². The van der Waals surface area contributed by atoms with Crippen LogP contribution in [0.4, 0.5) is 5.82 Å². The minimum Gasteiger partial charge on any atom is -0.358 e. The van der Waals surface area contributed by atoms with E-state index >= 15 is 0 Å². The van der Waals surface area contributed by atoms with Gasteiger partial charge >= 0.3 is 0 Å². The van der Waals surface area contributed by atoms with Crippen molar-refractivity contribution in [1.29, 1.82) is 0 Å². The minimum atomic E-state index is 0.456. The van der Waals surface area contributed by atoms with E-state index in [-0.39, 0.29) is 0 Å². The largest absolute Gasteiger partial charge is 0.358 e. The summed E-state index contributed by atoms with van der Waals surface area (Å²) in [7, 11) is 8.28. The number of anilines is 1. The van der Waals surface area contributed by atoms with E-state index in [4.69, 9.17) is 4.98 Å². The molecule has 0 aliphatic carbocycles. The van der Waals surface area contributed by atoms with Crippen molar-refractivity contribution in [2.45, 2.75) is 26.3 Å². The second kappa shape index (κ2) is 7.46. The quantitative estimate of drug-likeness (QED) is 0.815. The standard InChI is InChI=1S/C15H28N4/c1-12(2)14-9-13(11-16-3)10-15(17-14)19(6)8-7-18(4)5/h9-10,12,16H,7-8,11H2,1-6H3. The van der Waals surface area contributed by atoms with Gasteiger partial charge in [0.05, 0.1) is 0 Å². The van der Waals surface area contributed by atoms with Crippen LogP contribution in [-0.2, 0) is 6.54 Å². The average Bonchev–Trinajstić information content (AvgIpc) is 2.35. The molecule has 0 fully saturated rings. The summed E-state index contributed by atoms with van der Waals surface area (Å²) in [6.07, 6.45) is 0. The predicted molar refractivity (Wildman–Crippen MR) is 82.9 cm³/mol. The SMILES string of the molecule is CNCc1cc(C(C)C)nc(N(C)CCN(C)C)c1. The van der Waals surface area contributed by atoms with Crippen LogP contribution in [-0.4, -0.2) is 51.2 Å². The molecular formula is C15H28N4. The number of hydrogen-bond donors (Lipinski definition) is 1. The Labute approximate surface area is 117 Å². The van der Waals surface area contributed by atoms with Gasteiger partial charge in [-0.15, -0.1) is 0 Å². The van der Waals surface area contributed by atoms with Crippen LogP contribution in [0, 0.1) is 0 Å². The molecule has 1 N–H and O–H groups in total. The van der Waals surface area contributed by atoms with Crippen LogP contribution in [0.15, 0.2) is 12.1 Å². The van der Waals surface area contributed by atoms with Crippen LogP contribution in [0.5, 0.6) is 0 Å². The van der Waals surface area contributed by atoms with E-state index < -0.39 is 0 Å². The first kappa shape index (κ1) is 15.9. The molecule has 0 bridgehead atoms. The van der Waals surface area contributed by atoms with Gasteiger partial charge in [0.2, 0.25) is 0 Å². The first-order chi connectivity index (χ1) is 8.93. The van der Waals surface area contributed by atoms with Crippen molar-refractivity contribution in [1.82, 2.24) is 15.2 Å². The Morgan fingerprint density at radius 2 is 1.84 bits per heavy atom. The van der Waals surface area contributed by atoms with Crippen molar-refractivity contribution >= 4 is 5.82 Å². The monoisotopic (exact) mass is 264 g/mol. The summed E-state index contributed by atoms with van der Waals surface area (Å²) in [5.41, 5.74) is 2.47. The van der Waals surface area contributed by atoms with Gasteiger partial charge in [-0.25, -0.2) is 4.98 Å². The summed E-state index contributed by atoms with van der Waals surface area (Å²) in [6, 6.07) is 4.38. The molecule has 0 aliphatic rings. The third-order valence-corrected chi connectivity index (χ3v) is 3.14. The Bertz CT molecular complexity index is 388. The van der Waals surface area contributed by atoms with Crippen LogP contribution in [0.1, 0.15) is 31.0 Å². The van der Waals surface area contributed by atoms with E-state index in [1.165, 1.54) is 11.3 Å². The number of nitrogens with zero attached hydrogens (tertiary/aromatic N) is 3. The molecule has 0 atom stereocenters. The first-order valence-electron chi connectivity index (χ1n) is 6.95. The molecule has 0 aliphatic heterocycles. The number of hydrogen-bond acceptors (Lipinski definition) is 4. The van der Waals surface area contributed by atoms with Gasteiger partial charge in [-0.1, -0.05) is 13.8 Å². The van der Waals surface area contributed by atoms with Gasteiger partial charge in [0.15, 0.2) is 0 Å². The number of aromatic nitrogens is 1. The molecular weight excluding hydrogens is 236 g/mol. The first-order valence-corrected chi connectivity index (χ1v) is 6.95. The fourth-order valence-corrected chi connectivity index (χ4v) is 1.86. The van der Waals surface area contributed by atoms with Gasteiger partial charge in [-0.05, 0) is 44.8 Å². The maximum absolute atomic E-state index is 4.77. The Morgan fingerprint density at radius 1 is 1.16 bits per heavy atom. The highest BCUT2D eigenvalue weighted by molar-refractivity contribution is 5.42. The van der Waals surface area contributed by atoms with E-state index in [0.29, 0.717) is 5.92 Å². The lowest BCUT2D eigenvalue weighted by Crippen LogP contribution is -2.29. The zero-order valence-corrected chi connectivity index (χ0v) is 13.2. The molecule has 1 heterocycles. The Morgan fingerprint density at radius 3 is 2.37 bits per heavy atom. The van der Waals surface area contributed by atoms with Crippen molar-refractivity contribution in [3.63, 3.8) is 0 Å². The maximum atomic E-state index is 4.77. The van der Waals surface area contributed by atoms with E-state index in [9.17, 15) is 0 Å². The summed E-state index contributed by atoms with van der Waals surface area (Å²) < 4.78 is 0. The van der Waals surface area contributed by atoms with Crippen molar-refractivity contribution < 1.29 is 0 Å². The molecule has 0 unspecified atom stereocenters. The number of rotatable bonds is 7. The van der Waals surface area contributed by atoms with E-state index in [1.807, 2.05) is 7.05 Å². The second-order valence-electron chi connectivity index (χ2n) is 5.67. The molecule has 1 aromatic heterocycles. The smallest absolute Gasteiger partial charge is 0.128 e. The zero-order valence-electron chi connectivity index (χ0n) is 13.2. The fraction of sp³-hybridized carbons (Fsp3) is 0.667. The second-order valence-corrected chi connectivity index (χ2v) is 5.67. The normalized spacial score (nSPS) is 11.4. The van der Waals surface area contributed by atoms with Crippen LogP contribution < -0.4 is 10.2 Å². The third kappa shape index (κ3) is 5.17. The number of nitrogens with one attached hydrogen (secondary N) is 1. The van der Waals surface area contributed by atoms with E-state index in [2.05, 4.69) is 62.2 Å². The highest BCUT2D eigenvalue weighted by Gasteiger charge is 2.09. The molecule has 0 saturated heterocycles. The lowest BCUT2D eigenvalue weighted by Gasteiger charge is -2.22. The van der Waals surface area contributed by atoms with Gasteiger partial charge in [0.1, 0.15) is 5.82 Å². The summed E-state index contributed by atoms with van der Waals surface area (Å²) in [5, 5.41) is 3.21. The summed E-state index contributed by atoms with van der Waals surface area (Å²) in [6.45, 7) is 7.28. The number of likely N-dealkylation sites (N-methyl/N-ethyl adjacent to an activating group) is 2. The van der Waals surface area contributed by atoms with Crippen molar-refractivity contribution in [3.05, 3.63) is 23.4 Å². The average molecular weight is 264 g/mol. The maximum Gasteiger partial charge on any atom is 0.128 e. The molecule has 4 heteroatoms. The molecule has 0 aromatic carbocycles.